The van der Waals surface area contributed by atoms with Crippen LogP contribution in [0.1, 0.15) is 33.6 Å². The zero-order chi connectivity index (χ0) is 20.3. The molecule has 2 aromatic carbocycles. The maximum atomic E-state index is 13.9. The fraction of sp³-hybridized carbons (Fsp3) is 0.300. The molecule has 0 bridgehead atoms. The molecule has 1 aliphatic heterocycles. The number of halogens is 3. The van der Waals surface area contributed by atoms with E-state index >= 15 is 0 Å². The Morgan fingerprint density at radius 2 is 1.89 bits per heavy atom. The Kier molecular flexibility index (Phi) is 6.42. The van der Waals surface area contributed by atoms with Gasteiger partial charge in [0, 0.05) is 24.2 Å². The number of amides is 2. The summed E-state index contributed by atoms with van der Waals surface area (Å²) >= 11 is 11.9. The summed E-state index contributed by atoms with van der Waals surface area (Å²) in [6.45, 7) is 0.898. The SMILES string of the molecule is COc1ccc(Cl)cc1C(=O)N1CCC(NC(=O)c2c(F)cccc2Cl)CC1. The van der Waals surface area contributed by atoms with Gasteiger partial charge in [0.15, 0.2) is 0 Å². The lowest BCUT2D eigenvalue weighted by Gasteiger charge is -2.32. The highest BCUT2D eigenvalue weighted by Gasteiger charge is 2.27. The van der Waals surface area contributed by atoms with Gasteiger partial charge in [-0.2, -0.15) is 0 Å². The van der Waals surface area contributed by atoms with Crippen LogP contribution in [-0.2, 0) is 0 Å². The van der Waals surface area contributed by atoms with Crippen LogP contribution in [0.4, 0.5) is 4.39 Å². The molecular weight excluding hydrogens is 406 g/mol. The molecule has 0 spiro atoms. The Morgan fingerprint density at radius 1 is 1.18 bits per heavy atom. The summed E-state index contributed by atoms with van der Waals surface area (Å²) in [7, 11) is 1.50. The van der Waals surface area contributed by atoms with E-state index in [0.29, 0.717) is 42.3 Å². The van der Waals surface area contributed by atoms with Crippen molar-refractivity contribution >= 4 is 35.0 Å². The average Bonchev–Trinajstić information content (AvgIpc) is 2.68. The number of piperidine rings is 1. The smallest absolute Gasteiger partial charge is 0.257 e. The Morgan fingerprint density at radius 3 is 2.54 bits per heavy atom. The molecule has 0 aliphatic carbocycles. The van der Waals surface area contributed by atoms with E-state index in [0.717, 1.165) is 0 Å². The Balaban J connectivity index is 1.63. The molecule has 5 nitrogen and oxygen atoms in total. The molecule has 8 heteroatoms. The van der Waals surface area contributed by atoms with Gasteiger partial charge in [0.2, 0.25) is 0 Å². The number of likely N-dealkylation sites (tertiary alicyclic amines) is 1. The first-order chi connectivity index (χ1) is 13.4. The topological polar surface area (TPSA) is 58.6 Å². The summed E-state index contributed by atoms with van der Waals surface area (Å²) in [6.07, 6.45) is 1.10. The third-order valence-corrected chi connectivity index (χ3v) is 5.25. The largest absolute Gasteiger partial charge is 0.496 e. The number of hydrogen-bond donors (Lipinski definition) is 1. The van der Waals surface area contributed by atoms with Crippen molar-refractivity contribution in [3.63, 3.8) is 0 Å². The molecule has 1 N–H and O–H groups in total. The number of methoxy groups -OCH3 is 1. The van der Waals surface area contributed by atoms with Crippen LogP contribution < -0.4 is 10.1 Å². The van der Waals surface area contributed by atoms with Gasteiger partial charge >= 0.3 is 0 Å². The van der Waals surface area contributed by atoms with Crippen molar-refractivity contribution in [3.8, 4) is 5.75 Å². The molecule has 1 heterocycles. The fourth-order valence-electron chi connectivity index (χ4n) is 3.22. The lowest BCUT2D eigenvalue weighted by Crippen LogP contribution is -2.46. The number of benzene rings is 2. The van der Waals surface area contributed by atoms with E-state index in [9.17, 15) is 14.0 Å². The summed E-state index contributed by atoms with van der Waals surface area (Å²) in [5, 5.41) is 3.32. The highest BCUT2D eigenvalue weighted by atomic mass is 35.5. The van der Waals surface area contributed by atoms with Gasteiger partial charge in [-0.05, 0) is 43.2 Å². The second-order valence-electron chi connectivity index (χ2n) is 6.48. The van der Waals surface area contributed by atoms with Crippen molar-refractivity contribution in [2.45, 2.75) is 18.9 Å². The zero-order valence-electron chi connectivity index (χ0n) is 15.2. The van der Waals surface area contributed by atoms with Crippen LogP contribution >= 0.6 is 23.2 Å². The Labute approximate surface area is 172 Å². The Hall–Kier alpha value is -2.31. The minimum Gasteiger partial charge on any atom is -0.496 e. The Bertz CT molecular complexity index is 879. The van der Waals surface area contributed by atoms with Crippen molar-refractivity contribution in [1.29, 1.82) is 0 Å². The summed E-state index contributed by atoms with van der Waals surface area (Å²) in [5.74, 6) is -0.935. The lowest BCUT2D eigenvalue weighted by molar-refractivity contribution is 0.0695. The molecule has 0 atom stereocenters. The van der Waals surface area contributed by atoms with Gasteiger partial charge in [0.05, 0.1) is 23.3 Å². The van der Waals surface area contributed by atoms with Crippen LogP contribution in [0.15, 0.2) is 36.4 Å². The minimum atomic E-state index is -0.661. The first-order valence-electron chi connectivity index (χ1n) is 8.78. The first-order valence-corrected chi connectivity index (χ1v) is 9.54. The normalized spacial score (nSPS) is 14.6. The number of ether oxygens (including phenoxy) is 1. The van der Waals surface area contributed by atoms with E-state index in [4.69, 9.17) is 27.9 Å². The second-order valence-corrected chi connectivity index (χ2v) is 7.32. The van der Waals surface area contributed by atoms with Gasteiger partial charge in [-0.1, -0.05) is 29.3 Å². The van der Waals surface area contributed by atoms with Crippen LogP contribution in [0.25, 0.3) is 0 Å². The predicted molar refractivity (Wildman–Crippen MR) is 106 cm³/mol. The maximum absolute atomic E-state index is 13.9. The van der Waals surface area contributed by atoms with Crippen molar-refractivity contribution in [2.75, 3.05) is 20.2 Å². The van der Waals surface area contributed by atoms with Crippen molar-refractivity contribution in [1.82, 2.24) is 10.2 Å². The highest BCUT2D eigenvalue weighted by molar-refractivity contribution is 6.33. The zero-order valence-corrected chi connectivity index (χ0v) is 16.7. The minimum absolute atomic E-state index is 0.0677. The van der Waals surface area contributed by atoms with E-state index in [-0.39, 0.29) is 22.5 Å². The molecule has 1 saturated heterocycles. The number of rotatable bonds is 4. The molecule has 2 aromatic rings. The quantitative estimate of drug-likeness (QED) is 0.800. The maximum Gasteiger partial charge on any atom is 0.257 e. The van der Waals surface area contributed by atoms with Gasteiger partial charge in [-0.15, -0.1) is 0 Å². The number of carbonyl (C=O) groups excluding carboxylic acids is 2. The number of carbonyl (C=O) groups is 2. The number of nitrogens with zero attached hydrogens (tertiary/aromatic N) is 1. The molecule has 28 heavy (non-hydrogen) atoms. The van der Waals surface area contributed by atoms with Gasteiger partial charge in [0.25, 0.3) is 11.8 Å². The van der Waals surface area contributed by atoms with Gasteiger partial charge in [-0.25, -0.2) is 4.39 Å². The molecule has 0 radical (unpaired) electrons. The molecule has 3 rings (SSSR count). The molecule has 1 aliphatic rings. The molecule has 0 aromatic heterocycles. The van der Waals surface area contributed by atoms with E-state index in [1.54, 1.807) is 23.1 Å². The fourth-order valence-corrected chi connectivity index (χ4v) is 3.64. The predicted octanol–water partition coefficient (Wildman–Crippen LogP) is 4.18. The molecule has 0 unspecified atom stereocenters. The highest BCUT2D eigenvalue weighted by Crippen LogP contribution is 2.26. The van der Waals surface area contributed by atoms with Crippen LogP contribution in [0, 0.1) is 5.82 Å². The van der Waals surface area contributed by atoms with Crippen LogP contribution in [0.3, 0.4) is 0 Å². The third kappa shape index (κ3) is 4.39. The van der Waals surface area contributed by atoms with Crippen LogP contribution in [0.5, 0.6) is 5.75 Å². The number of nitrogens with one attached hydrogen (secondary N) is 1. The molecule has 148 valence electrons. The van der Waals surface area contributed by atoms with E-state index in [1.807, 2.05) is 0 Å². The van der Waals surface area contributed by atoms with Gasteiger partial charge in [0.1, 0.15) is 11.6 Å². The van der Waals surface area contributed by atoms with E-state index < -0.39 is 11.7 Å². The number of hydrogen-bond acceptors (Lipinski definition) is 3. The third-order valence-electron chi connectivity index (χ3n) is 4.70. The van der Waals surface area contributed by atoms with Gasteiger partial charge < -0.3 is 15.0 Å². The lowest BCUT2D eigenvalue weighted by atomic mass is 10.0. The van der Waals surface area contributed by atoms with Gasteiger partial charge in [-0.3, -0.25) is 9.59 Å². The monoisotopic (exact) mass is 424 g/mol. The summed E-state index contributed by atoms with van der Waals surface area (Å²) in [4.78, 5) is 26.9. The summed E-state index contributed by atoms with van der Waals surface area (Å²) < 4.78 is 19.1. The van der Waals surface area contributed by atoms with Crippen LogP contribution in [-0.4, -0.2) is 43.0 Å². The summed E-state index contributed by atoms with van der Waals surface area (Å²) in [6, 6.07) is 8.83. The van der Waals surface area contributed by atoms with Crippen molar-refractivity contribution in [2.24, 2.45) is 0 Å². The second kappa shape index (κ2) is 8.80. The van der Waals surface area contributed by atoms with Crippen molar-refractivity contribution < 1.29 is 18.7 Å². The molecular formula is C20H19Cl2FN2O3. The first kappa shape index (κ1) is 20.4. The molecule has 2 amide bonds. The van der Waals surface area contributed by atoms with E-state index in [2.05, 4.69) is 5.32 Å². The average molecular weight is 425 g/mol. The van der Waals surface area contributed by atoms with Crippen molar-refractivity contribution in [3.05, 3.63) is 63.4 Å². The summed E-state index contributed by atoms with van der Waals surface area (Å²) in [5.41, 5.74) is 0.238. The standard InChI is InChI=1S/C20H19Cl2FN2O3/c1-28-17-6-5-12(21)11-14(17)20(27)25-9-7-13(8-10-25)24-19(26)18-15(22)3-2-4-16(18)23/h2-6,11,13H,7-10H2,1H3,(H,24,26). The van der Waals surface area contributed by atoms with Crippen LogP contribution in [0.2, 0.25) is 10.0 Å². The molecule has 1 fully saturated rings. The van der Waals surface area contributed by atoms with E-state index in [1.165, 1.54) is 25.3 Å². The molecule has 0 saturated carbocycles.